The third-order valence-electron chi connectivity index (χ3n) is 4.33. The van der Waals surface area contributed by atoms with Crippen LogP contribution in [0.2, 0.25) is 0 Å². The van der Waals surface area contributed by atoms with E-state index in [2.05, 4.69) is 24.4 Å². The summed E-state index contributed by atoms with van der Waals surface area (Å²) in [5.74, 6) is 0.637. The van der Waals surface area contributed by atoms with Gasteiger partial charge in [0.1, 0.15) is 5.75 Å². The lowest BCUT2D eigenvalue weighted by Gasteiger charge is -2.09. The minimum absolute atomic E-state index is 0.287. The fraction of sp³-hybridized carbons (Fsp3) is 0.435. The molecule has 0 spiro atoms. The van der Waals surface area contributed by atoms with Crippen LogP contribution in [0.15, 0.2) is 48.5 Å². The molecule has 4 nitrogen and oxygen atoms in total. The summed E-state index contributed by atoms with van der Waals surface area (Å²) in [6.07, 6.45) is 6.24. The number of hydrogen-bond donors (Lipinski definition) is 1. The van der Waals surface area contributed by atoms with Gasteiger partial charge in [-0.15, -0.1) is 0 Å². The first-order valence-corrected chi connectivity index (χ1v) is 9.95. The molecule has 2 aromatic rings. The quantitative estimate of drug-likeness (QED) is 0.378. The number of nitrogens with one attached hydrogen (secondary N) is 1. The molecule has 4 heteroatoms. The molecule has 2 rings (SSSR count). The van der Waals surface area contributed by atoms with Crippen molar-refractivity contribution < 1.29 is 14.3 Å². The topological polar surface area (TPSA) is 47.6 Å². The first-order valence-electron chi connectivity index (χ1n) is 9.95. The summed E-state index contributed by atoms with van der Waals surface area (Å²) in [5.41, 5.74) is 2.72. The van der Waals surface area contributed by atoms with Crippen LogP contribution < -0.4 is 10.1 Å². The van der Waals surface area contributed by atoms with Gasteiger partial charge in [-0.3, -0.25) is 0 Å². The molecule has 0 heterocycles. The molecule has 0 amide bonds. The summed E-state index contributed by atoms with van der Waals surface area (Å²) in [5, 5.41) is 3.36. The number of rotatable bonds is 12. The van der Waals surface area contributed by atoms with Gasteiger partial charge in [0.15, 0.2) is 0 Å². The van der Waals surface area contributed by atoms with Crippen LogP contribution in [-0.2, 0) is 11.3 Å². The van der Waals surface area contributed by atoms with E-state index in [1.807, 2.05) is 24.3 Å². The molecule has 146 valence electrons. The van der Waals surface area contributed by atoms with Crippen LogP contribution in [0.3, 0.4) is 0 Å². The molecule has 0 saturated carbocycles. The predicted molar refractivity (Wildman–Crippen MR) is 110 cm³/mol. The average molecular weight is 370 g/mol. The van der Waals surface area contributed by atoms with Gasteiger partial charge in [0.25, 0.3) is 0 Å². The lowest BCUT2D eigenvalue weighted by molar-refractivity contribution is 0.0526. The number of hydrogen-bond acceptors (Lipinski definition) is 4. The SMILES string of the molecule is CCCCCCCOc1ccc(CNc2ccc(C(=O)OCC)cc2)cc1. The minimum atomic E-state index is -0.287. The fourth-order valence-electron chi connectivity index (χ4n) is 2.74. The maximum atomic E-state index is 11.7. The van der Waals surface area contributed by atoms with Gasteiger partial charge in [-0.1, -0.05) is 44.7 Å². The molecule has 0 atom stereocenters. The smallest absolute Gasteiger partial charge is 0.338 e. The zero-order valence-electron chi connectivity index (χ0n) is 16.5. The van der Waals surface area contributed by atoms with E-state index in [1.54, 1.807) is 19.1 Å². The van der Waals surface area contributed by atoms with E-state index in [1.165, 1.54) is 31.2 Å². The Hall–Kier alpha value is -2.49. The number of carbonyl (C=O) groups is 1. The van der Waals surface area contributed by atoms with Crippen LogP contribution in [0.5, 0.6) is 5.75 Å². The van der Waals surface area contributed by atoms with E-state index in [0.717, 1.165) is 31.0 Å². The molecule has 0 aliphatic heterocycles. The molecule has 2 aromatic carbocycles. The number of anilines is 1. The van der Waals surface area contributed by atoms with Gasteiger partial charge in [0.2, 0.25) is 0 Å². The molecule has 0 unspecified atom stereocenters. The first-order chi connectivity index (χ1) is 13.2. The Labute approximate surface area is 162 Å². The van der Waals surface area contributed by atoms with Crippen molar-refractivity contribution in [3.63, 3.8) is 0 Å². The molecule has 1 N–H and O–H groups in total. The number of unbranched alkanes of at least 4 members (excludes halogenated alkanes) is 4. The van der Waals surface area contributed by atoms with Crippen LogP contribution in [0.4, 0.5) is 5.69 Å². The second-order valence-corrected chi connectivity index (χ2v) is 6.56. The summed E-state index contributed by atoms with van der Waals surface area (Å²) < 4.78 is 10.8. The predicted octanol–water partition coefficient (Wildman–Crippen LogP) is 5.82. The molecule has 0 radical (unpaired) electrons. The first kappa shape index (κ1) is 20.8. The second-order valence-electron chi connectivity index (χ2n) is 6.56. The molecule has 0 aliphatic rings. The summed E-state index contributed by atoms with van der Waals surface area (Å²) >= 11 is 0. The summed E-state index contributed by atoms with van der Waals surface area (Å²) in [6.45, 7) is 5.92. The fourth-order valence-corrected chi connectivity index (χ4v) is 2.74. The highest BCUT2D eigenvalue weighted by atomic mass is 16.5. The molecule has 0 aromatic heterocycles. The number of benzene rings is 2. The van der Waals surface area contributed by atoms with Crippen molar-refractivity contribution in [3.05, 3.63) is 59.7 Å². The molecular formula is C23H31NO3. The molecule has 0 aliphatic carbocycles. The highest BCUT2D eigenvalue weighted by Crippen LogP contribution is 2.16. The van der Waals surface area contributed by atoms with Crippen LogP contribution in [0, 0.1) is 0 Å². The Morgan fingerprint density at radius 2 is 1.59 bits per heavy atom. The van der Waals surface area contributed by atoms with E-state index in [-0.39, 0.29) is 5.97 Å². The van der Waals surface area contributed by atoms with Gasteiger partial charge in [0, 0.05) is 12.2 Å². The Morgan fingerprint density at radius 1 is 0.889 bits per heavy atom. The van der Waals surface area contributed by atoms with E-state index < -0.39 is 0 Å². The summed E-state index contributed by atoms with van der Waals surface area (Å²) in [7, 11) is 0. The summed E-state index contributed by atoms with van der Waals surface area (Å²) in [4.78, 5) is 11.7. The number of esters is 1. The van der Waals surface area contributed by atoms with E-state index >= 15 is 0 Å². The third kappa shape index (κ3) is 7.73. The maximum Gasteiger partial charge on any atom is 0.338 e. The molecule has 0 fully saturated rings. The highest BCUT2D eigenvalue weighted by molar-refractivity contribution is 5.89. The maximum absolute atomic E-state index is 11.7. The van der Waals surface area contributed by atoms with Gasteiger partial charge in [-0.05, 0) is 55.3 Å². The summed E-state index contributed by atoms with van der Waals surface area (Å²) in [6, 6.07) is 15.5. The van der Waals surface area contributed by atoms with Crippen molar-refractivity contribution in [1.82, 2.24) is 0 Å². The highest BCUT2D eigenvalue weighted by Gasteiger charge is 2.05. The monoisotopic (exact) mass is 369 g/mol. The van der Waals surface area contributed by atoms with Crippen molar-refractivity contribution in [2.75, 3.05) is 18.5 Å². The van der Waals surface area contributed by atoms with Gasteiger partial charge < -0.3 is 14.8 Å². The molecule has 0 bridgehead atoms. The van der Waals surface area contributed by atoms with Crippen molar-refractivity contribution >= 4 is 11.7 Å². The molecule has 27 heavy (non-hydrogen) atoms. The van der Waals surface area contributed by atoms with Crippen LogP contribution in [-0.4, -0.2) is 19.2 Å². The minimum Gasteiger partial charge on any atom is -0.494 e. The lowest BCUT2D eigenvalue weighted by atomic mass is 10.1. The lowest BCUT2D eigenvalue weighted by Crippen LogP contribution is -2.05. The van der Waals surface area contributed by atoms with Crippen molar-refractivity contribution in [2.45, 2.75) is 52.5 Å². The Bertz CT molecular complexity index is 665. The Balaban J connectivity index is 1.72. The third-order valence-corrected chi connectivity index (χ3v) is 4.33. The Kier molecular flexibility index (Phi) is 9.25. The molecular weight excluding hydrogens is 338 g/mol. The largest absolute Gasteiger partial charge is 0.494 e. The van der Waals surface area contributed by atoms with Gasteiger partial charge in [-0.25, -0.2) is 4.79 Å². The molecule has 0 saturated heterocycles. The average Bonchev–Trinajstić information content (AvgIpc) is 2.70. The Morgan fingerprint density at radius 3 is 2.26 bits per heavy atom. The number of carbonyl (C=O) groups excluding carboxylic acids is 1. The standard InChI is InChI=1S/C23H31NO3/c1-3-5-6-7-8-17-27-22-15-9-19(10-16-22)18-24-21-13-11-20(12-14-21)23(25)26-4-2/h9-16,24H,3-8,17-18H2,1-2H3. The van der Waals surface area contributed by atoms with E-state index in [4.69, 9.17) is 9.47 Å². The van der Waals surface area contributed by atoms with Crippen molar-refractivity contribution in [1.29, 1.82) is 0 Å². The van der Waals surface area contributed by atoms with Gasteiger partial charge in [-0.2, -0.15) is 0 Å². The second kappa shape index (κ2) is 12.0. The van der Waals surface area contributed by atoms with Crippen LogP contribution >= 0.6 is 0 Å². The van der Waals surface area contributed by atoms with E-state index in [9.17, 15) is 4.79 Å². The zero-order valence-corrected chi connectivity index (χ0v) is 16.5. The van der Waals surface area contributed by atoms with Gasteiger partial charge in [0.05, 0.1) is 18.8 Å². The normalized spacial score (nSPS) is 10.4. The zero-order chi connectivity index (χ0) is 19.3. The van der Waals surface area contributed by atoms with E-state index in [0.29, 0.717) is 12.2 Å². The van der Waals surface area contributed by atoms with Crippen LogP contribution in [0.1, 0.15) is 61.9 Å². The van der Waals surface area contributed by atoms with Crippen molar-refractivity contribution in [2.24, 2.45) is 0 Å². The van der Waals surface area contributed by atoms with Crippen LogP contribution in [0.25, 0.3) is 0 Å². The number of ether oxygens (including phenoxy) is 2. The van der Waals surface area contributed by atoms with Crippen molar-refractivity contribution in [3.8, 4) is 5.75 Å². The van der Waals surface area contributed by atoms with Gasteiger partial charge >= 0.3 is 5.97 Å².